The summed E-state index contributed by atoms with van der Waals surface area (Å²) in [4.78, 5) is 29.2. The summed E-state index contributed by atoms with van der Waals surface area (Å²) in [6, 6.07) is 9.38. The number of amides is 3. The molecular weight excluding hydrogens is 533 g/mol. The van der Waals surface area contributed by atoms with Gasteiger partial charge in [0.1, 0.15) is 18.2 Å². The lowest BCUT2D eigenvalue weighted by Gasteiger charge is -2.40. The highest BCUT2D eigenvalue weighted by Crippen LogP contribution is 2.34. The van der Waals surface area contributed by atoms with Gasteiger partial charge in [0, 0.05) is 50.0 Å². The average Bonchev–Trinajstić information content (AvgIpc) is 2.97. The van der Waals surface area contributed by atoms with E-state index >= 15 is 0 Å². The lowest BCUT2D eigenvalue weighted by molar-refractivity contribution is -0.126. The fourth-order valence-corrected chi connectivity index (χ4v) is 4.63. The first-order chi connectivity index (χ1) is 19.9. The molecule has 0 bridgehead atoms. The van der Waals surface area contributed by atoms with Crippen LogP contribution in [0.4, 0.5) is 14.9 Å². The van der Waals surface area contributed by atoms with Gasteiger partial charge in [-0.3, -0.25) is 9.69 Å². The summed E-state index contributed by atoms with van der Waals surface area (Å²) in [7, 11) is 4.65. The Bertz CT molecular complexity index is 1130. The third-order valence-electron chi connectivity index (χ3n) is 6.70. The Morgan fingerprint density at radius 1 is 1.00 bits per heavy atom. The molecule has 3 rings (SSSR count). The van der Waals surface area contributed by atoms with Crippen LogP contribution >= 0.6 is 0 Å². The minimum absolute atomic E-state index is 0.107. The van der Waals surface area contributed by atoms with E-state index in [4.69, 9.17) is 23.7 Å². The number of ether oxygens (including phenoxy) is 5. The molecule has 1 aliphatic heterocycles. The van der Waals surface area contributed by atoms with Crippen molar-refractivity contribution in [3.8, 4) is 17.2 Å². The van der Waals surface area contributed by atoms with Crippen LogP contribution in [0.15, 0.2) is 36.4 Å². The van der Waals surface area contributed by atoms with Gasteiger partial charge >= 0.3 is 6.03 Å². The first-order valence-electron chi connectivity index (χ1n) is 13.9. The van der Waals surface area contributed by atoms with Gasteiger partial charge in [0.05, 0.1) is 40.6 Å². The fraction of sp³-hybridized carbons (Fsp3) is 0.533. The second-order valence-electron chi connectivity index (χ2n) is 9.84. The molecule has 1 aliphatic rings. The number of carbonyl (C=O) groups excluding carboxylic acids is 2. The molecule has 11 heteroatoms. The molecule has 1 fully saturated rings. The van der Waals surface area contributed by atoms with Crippen molar-refractivity contribution < 1.29 is 37.7 Å². The van der Waals surface area contributed by atoms with E-state index in [-0.39, 0.29) is 37.6 Å². The third-order valence-corrected chi connectivity index (χ3v) is 6.70. The Kier molecular flexibility index (Phi) is 13.0. The van der Waals surface area contributed by atoms with E-state index in [9.17, 15) is 14.0 Å². The van der Waals surface area contributed by atoms with Gasteiger partial charge in [0.15, 0.2) is 11.5 Å². The molecule has 0 saturated carbocycles. The van der Waals surface area contributed by atoms with E-state index in [0.717, 1.165) is 19.3 Å². The van der Waals surface area contributed by atoms with E-state index in [2.05, 4.69) is 12.2 Å². The lowest BCUT2D eigenvalue weighted by atomic mass is 10.0. The Morgan fingerprint density at radius 2 is 1.78 bits per heavy atom. The van der Waals surface area contributed by atoms with Gasteiger partial charge in [-0.05, 0) is 36.8 Å². The molecular formula is C30H42FN3O7. The maximum absolute atomic E-state index is 14.1. The first kappa shape index (κ1) is 32.0. The number of carbonyl (C=O) groups is 2. The van der Waals surface area contributed by atoms with E-state index in [1.807, 2.05) is 6.07 Å². The molecule has 3 amide bonds. The van der Waals surface area contributed by atoms with Crippen LogP contribution in [-0.4, -0.2) is 84.2 Å². The number of nitrogens with one attached hydrogen (secondary N) is 1. The van der Waals surface area contributed by atoms with Crippen molar-refractivity contribution in [2.45, 2.75) is 32.7 Å². The van der Waals surface area contributed by atoms with Crippen molar-refractivity contribution in [2.24, 2.45) is 5.92 Å². The molecule has 0 spiro atoms. The van der Waals surface area contributed by atoms with Crippen LogP contribution in [0.25, 0.3) is 0 Å². The Morgan fingerprint density at radius 3 is 2.51 bits per heavy atom. The zero-order chi connectivity index (χ0) is 29.6. The molecule has 41 heavy (non-hydrogen) atoms. The standard InChI is InChI=1S/C30H42FN3O7/c1-5-6-7-13-41-28-16-25(9-11-27(28)39-4)34-18-22(20-40-21-29(35)32-12-14-37-2)17-33(30(34)36)19-23-15-24(31)8-10-26(23)38-3/h8-11,15-16,22H,5-7,12-14,17-21H2,1-4H3,(H,32,35). The van der Waals surface area contributed by atoms with E-state index in [1.165, 1.54) is 19.2 Å². The molecule has 1 saturated heterocycles. The second kappa shape index (κ2) is 16.6. The molecule has 2 aromatic rings. The van der Waals surface area contributed by atoms with Crippen molar-refractivity contribution in [2.75, 3.05) is 72.3 Å². The second-order valence-corrected chi connectivity index (χ2v) is 9.84. The summed E-state index contributed by atoms with van der Waals surface area (Å²) in [5, 5.41) is 2.72. The highest BCUT2D eigenvalue weighted by Gasteiger charge is 2.34. The Hall–Kier alpha value is -3.57. The molecule has 226 valence electrons. The number of halogens is 1. The first-order valence-corrected chi connectivity index (χ1v) is 13.9. The SMILES string of the molecule is CCCCCOc1cc(N2CC(COCC(=O)NCCOC)CN(Cc3cc(F)ccc3OC)C2=O)ccc1OC. The Balaban J connectivity index is 1.81. The smallest absolute Gasteiger partial charge is 0.324 e. The van der Waals surface area contributed by atoms with Crippen LogP contribution in [0.5, 0.6) is 17.2 Å². The number of unbranched alkanes of at least 4 members (excludes halogenated alkanes) is 2. The Labute approximate surface area is 241 Å². The number of rotatable bonds is 17. The van der Waals surface area contributed by atoms with Gasteiger partial charge < -0.3 is 33.9 Å². The van der Waals surface area contributed by atoms with Gasteiger partial charge in [-0.2, -0.15) is 0 Å². The molecule has 1 unspecified atom stereocenters. The van der Waals surface area contributed by atoms with Crippen LogP contribution in [0, 0.1) is 11.7 Å². The summed E-state index contributed by atoms with van der Waals surface area (Å²) < 4.78 is 41.7. The van der Waals surface area contributed by atoms with Crippen molar-refractivity contribution >= 4 is 17.6 Å². The van der Waals surface area contributed by atoms with Crippen LogP contribution in [0.2, 0.25) is 0 Å². The van der Waals surface area contributed by atoms with Gasteiger partial charge in [-0.25, -0.2) is 9.18 Å². The molecule has 2 aromatic carbocycles. The van der Waals surface area contributed by atoms with Gasteiger partial charge in [-0.1, -0.05) is 19.8 Å². The van der Waals surface area contributed by atoms with Crippen LogP contribution in [-0.2, 0) is 20.8 Å². The molecule has 0 radical (unpaired) electrons. The number of hydrogen-bond donors (Lipinski definition) is 1. The van der Waals surface area contributed by atoms with Crippen molar-refractivity contribution in [3.05, 3.63) is 47.8 Å². The summed E-state index contributed by atoms with van der Waals surface area (Å²) in [6.07, 6.45) is 3.04. The summed E-state index contributed by atoms with van der Waals surface area (Å²) in [6.45, 7) is 4.47. The zero-order valence-electron chi connectivity index (χ0n) is 24.4. The summed E-state index contributed by atoms with van der Waals surface area (Å²) in [5.74, 6) is 0.835. The molecule has 1 heterocycles. The van der Waals surface area contributed by atoms with Gasteiger partial charge in [0.2, 0.25) is 5.91 Å². The largest absolute Gasteiger partial charge is 0.496 e. The molecule has 10 nitrogen and oxygen atoms in total. The highest BCUT2D eigenvalue weighted by atomic mass is 19.1. The van der Waals surface area contributed by atoms with Gasteiger partial charge in [0.25, 0.3) is 0 Å². The molecule has 0 aromatic heterocycles. The van der Waals surface area contributed by atoms with Crippen molar-refractivity contribution in [1.29, 1.82) is 0 Å². The van der Waals surface area contributed by atoms with E-state index < -0.39 is 5.82 Å². The number of anilines is 1. The quantitative estimate of drug-likeness (QED) is 0.282. The number of nitrogens with zero attached hydrogens (tertiary/aromatic N) is 2. The fourth-order valence-electron chi connectivity index (χ4n) is 4.63. The highest BCUT2D eigenvalue weighted by molar-refractivity contribution is 5.93. The molecule has 0 aliphatic carbocycles. The van der Waals surface area contributed by atoms with Crippen LogP contribution in [0.1, 0.15) is 31.7 Å². The third kappa shape index (κ3) is 9.50. The predicted octanol–water partition coefficient (Wildman–Crippen LogP) is 4.25. The van der Waals surface area contributed by atoms with Crippen molar-refractivity contribution in [1.82, 2.24) is 10.2 Å². The zero-order valence-corrected chi connectivity index (χ0v) is 24.4. The monoisotopic (exact) mass is 575 g/mol. The number of hydrogen-bond acceptors (Lipinski definition) is 7. The number of methoxy groups -OCH3 is 3. The molecule has 1 atom stereocenters. The van der Waals surface area contributed by atoms with E-state index in [0.29, 0.717) is 61.3 Å². The number of urea groups is 1. The summed E-state index contributed by atoms with van der Waals surface area (Å²) >= 11 is 0. The predicted molar refractivity (Wildman–Crippen MR) is 153 cm³/mol. The lowest BCUT2D eigenvalue weighted by Crippen LogP contribution is -2.54. The molecule has 1 N–H and O–H groups in total. The maximum atomic E-state index is 14.1. The number of benzene rings is 2. The normalized spacial score (nSPS) is 15.1. The van der Waals surface area contributed by atoms with Gasteiger partial charge in [-0.15, -0.1) is 0 Å². The average molecular weight is 576 g/mol. The van der Waals surface area contributed by atoms with E-state index in [1.54, 1.807) is 42.2 Å². The minimum atomic E-state index is -0.415. The minimum Gasteiger partial charge on any atom is -0.496 e. The topological polar surface area (TPSA) is 98.8 Å². The van der Waals surface area contributed by atoms with Crippen LogP contribution in [0.3, 0.4) is 0 Å². The van der Waals surface area contributed by atoms with Crippen molar-refractivity contribution in [3.63, 3.8) is 0 Å². The van der Waals surface area contributed by atoms with Crippen LogP contribution < -0.4 is 24.4 Å². The maximum Gasteiger partial charge on any atom is 0.324 e. The summed E-state index contributed by atoms with van der Waals surface area (Å²) in [5.41, 5.74) is 1.19.